The smallest absolute Gasteiger partial charge is 0.229 e. The van der Waals surface area contributed by atoms with Gasteiger partial charge < -0.3 is 20.7 Å². The molecule has 4 rings (SSSR count). The maximum Gasteiger partial charge on any atom is 0.229 e. The van der Waals surface area contributed by atoms with Gasteiger partial charge >= 0.3 is 0 Å². The Bertz CT molecular complexity index is 863. The number of hydrogen-bond acceptors (Lipinski definition) is 6. The van der Waals surface area contributed by atoms with Crippen LogP contribution in [0.5, 0.6) is 5.75 Å². The molecule has 2 heterocycles. The van der Waals surface area contributed by atoms with E-state index in [1.54, 1.807) is 0 Å². The van der Waals surface area contributed by atoms with Crippen LogP contribution in [0.15, 0.2) is 18.3 Å². The van der Waals surface area contributed by atoms with Crippen LogP contribution in [0.1, 0.15) is 56.1 Å². The molecule has 2 fully saturated rings. The predicted octanol–water partition coefficient (Wildman–Crippen LogP) is 4.89. The van der Waals surface area contributed by atoms with E-state index in [-0.39, 0.29) is 5.82 Å². The van der Waals surface area contributed by atoms with Crippen LogP contribution in [0.3, 0.4) is 0 Å². The highest BCUT2D eigenvalue weighted by Crippen LogP contribution is 2.39. The maximum atomic E-state index is 6.35. The molecule has 1 saturated heterocycles. The second kappa shape index (κ2) is 8.76. The first-order valence-electron chi connectivity index (χ1n) is 10.6. The summed E-state index contributed by atoms with van der Waals surface area (Å²) in [6.45, 7) is 7.88. The summed E-state index contributed by atoms with van der Waals surface area (Å²) in [5.41, 5.74) is 9.39. The largest absolute Gasteiger partial charge is 0.488 e. The van der Waals surface area contributed by atoms with Gasteiger partial charge in [0, 0.05) is 0 Å². The molecule has 7 heteroatoms. The number of nitrogens with two attached hydrogens (primary N) is 1. The molecule has 2 aliphatic rings. The van der Waals surface area contributed by atoms with Crippen LogP contribution in [0, 0.1) is 6.92 Å². The number of ether oxygens (including phenoxy) is 1. The number of aromatic nitrogens is 2. The summed E-state index contributed by atoms with van der Waals surface area (Å²) in [4.78, 5) is 11.0. The zero-order valence-corrected chi connectivity index (χ0v) is 18.0. The Morgan fingerprint density at radius 3 is 2.62 bits per heavy atom. The second-order valence-corrected chi connectivity index (χ2v) is 8.54. The highest BCUT2D eigenvalue weighted by Gasteiger charge is 2.25. The molecule has 6 nitrogen and oxygen atoms in total. The summed E-state index contributed by atoms with van der Waals surface area (Å²) in [7, 11) is 0. The first-order valence-corrected chi connectivity index (χ1v) is 11.0. The molecule has 1 saturated carbocycles. The van der Waals surface area contributed by atoms with Crippen molar-refractivity contribution in [2.75, 3.05) is 30.7 Å². The van der Waals surface area contributed by atoms with E-state index in [0.29, 0.717) is 23.0 Å². The van der Waals surface area contributed by atoms with E-state index in [1.165, 1.54) is 36.6 Å². The standard InChI is InChI=1S/C22H30ClN5O/c1-3-28-9-7-15(8-10-28)17-12-20(29-16-5-4-6-16)19(11-14(17)2)26-22-25-13-18(23)21(24)27-22/h11-13,15-16H,3-10H2,1-2H3,(H3,24,25,26,27). The van der Waals surface area contributed by atoms with E-state index < -0.39 is 0 Å². The number of nitrogens with one attached hydrogen (secondary N) is 1. The number of nitrogens with zero attached hydrogens (tertiary/aromatic N) is 3. The molecule has 0 unspecified atom stereocenters. The average molecular weight is 416 g/mol. The van der Waals surface area contributed by atoms with Crippen LogP contribution in [0.2, 0.25) is 5.02 Å². The fraction of sp³-hybridized carbons (Fsp3) is 0.545. The van der Waals surface area contributed by atoms with Crippen molar-refractivity contribution in [2.45, 2.75) is 58.0 Å². The first-order chi connectivity index (χ1) is 14.0. The Morgan fingerprint density at radius 1 is 1.24 bits per heavy atom. The van der Waals surface area contributed by atoms with E-state index in [4.69, 9.17) is 22.1 Å². The van der Waals surface area contributed by atoms with Crippen molar-refractivity contribution in [3.63, 3.8) is 0 Å². The number of rotatable bonds is 6. The molecular formula is C22H30ClN5O. The molecule has 0 amide bonds. The lowest BCUT2D eigenvalue weighted by Gasteiger charge is -2.33. The van der Waals surface area contributed by atoms with Crippen molar-refractivity contribution in [3.8, 4) is 5.75 Å². The van der Waals surface area contributed by atoms with Gasteiger partial charge in [0.2, 0.25) is 5.95 Å². The zero-order valence-electron chi connectivity index (χ0n) is 17.2. The van der Waals surface area contributed by atoms with Crippen LogP contribution in [-0.4, -0.2) is 40.6 Å². The van der Waals surface area contributed by atoms with Crippen LogP contribution in [0.4, 0.5) is 17.5 Å². The van der Waals surface area contributed by atoms with Gasteiger partial charge in [-0.1, -0.05) is 18.5 Å². The van der Waals surface area contributed by atoms with Crippen molar-refractivity contribution in [1.82, 2.24) is 14.9 Å². The molecule has 29 heavy (non-hydrogen) atoms. The minimum absolute atomic E-state index is 0.265. The van der Waals surface area contributed by atoms with Crippen LogP contribution < -0.4 is 15.8 Å². The van der Waals surface area contributed by atoms with Crippen LogP contribution in [-0.2, 0) is 0 Å². The van der Waals surface area contributed by atoms with Crippen molar-refractivity contribution in [3.05, 3.63) is 34.5 Å². The lowest BCUT2D eigenvalue weighted by molar-refractivity contribution is 0.121. The lowest BCUT2D eigenvalue weighted by Crippen LogP contribution is -2.32. The molecule has 1 aromatic carbocycles. The summed E-state index contributed by atoms with van der Waals surface area (Å²) >= 11 is 5.96. The molecule has 2 aromatic rings. The molecule has 3 N–H and O–H groups in total. The molecule has 0 bridgehead atoms. The van der Waals surface area contributed by atoms with Gasteiger partial charge in [-0.2, -0.15) is 4.98 Å². The third kappa shape index (κ3) is 4.59. The monoisotopic (exact) mass is 415 g/mol. The van der Waals surface area contributed by atoms with Gasteiger partial charge in [-0.25, -0.2) is 4.98 Å². The third-order valence-electron chi connectivity index (χ3n) is 6.21. The maximum absolute atomic E-state index is 6.35. The fourth-order valence-corrected chi connectivity index (χ4v) is 4.22. The van der Waals surface area contributed by atoms with Gasteiger partial charge in [0.05, 0.1) is 18.0 Å². The number of likely N-dealkylation sites (tertiary alicyclic amines) is 1. The molecule has 1 aliphatic carbocycles. The minimum Gasteiger partial charge on any atom is -0.488 e. The number of halogens is 1. The number of hydrogen-bond donors (Lipinski definition) is 2. The first kappa shape index (κ1) is 20.2. The Kier molecular flexibility index (Phi) is 6.11. The highest BCUT2D eigenvalue weighted by molar-refractivity contribution is 6.32. The van der Waals surface area contributed by atoms with Crippen molar-refractivity contribution in [1.29, 1.82) is 0 Å². The summed E-state index contributed by atoms with van der Waals surface area (Å²) in [6, 6.07) is 4.39. The third-order valence-corrected chi connectivity index (χ3v) is 6.50. The van der Waals surface area contributed by atoms with Crippen LogP contribution in [0.25, 0.3) is 0 Å². The van der Waals surface area contributed by atoms with Gasteiger partial charge in [0.15, 0.2) is 0 Å². The van der Waals surface area contributed by atoms with E-state index >= 15 is 0 Å². The summed E-state index contributed by atoms with van der Waals surface area (Å²) < 4.78 is 6.35. The summed E-state index contributed by atoms with van der Waals surface area (Å²) in [5, 5.41) is 3.64. The predicted molar refractivity (Wildman–Crippen MR) is 118 cm³/mol. The fourth-order valence-electron chi connectivity index (χ4n) is 4.13. The number of benzene rings is 1. The average Bonchev–Trinajstić information content (AvgIpc) is 2.69. The molecule has 156 valence electrons. The lowest BCUT2D eigenvalue weighted by atomic mass is 9.86. The zero-order chi connectivity index (χ0) is 20.4. The molecule has 1 aliphatic heterocycles. The van der Waals surface area contributed by atoms with Gasteiger partial charge in [-0.3, -0.25) is 0 Å². The van der Waals surface area contributed by atoms with E-state index in [9.17, 15) is 0 Å². The van der Waals surface area contributed by atoms with Crippen LogP contribution >= 0.6 is 11.6 Å². The molecule has 0 spiro atoms. The Labute approximate surface area is 177 Å². The number of aryl methyl sites for hydroxylation is 1. The SMILES string of the molecule is CCN1CCC(c2cc(OC3CCC3)c(Nc3ncc(Cl)c(N)n3)cc2C)CC1. The molecule has 0 atom stereocenters. The molecule has 0 radical (unpaired) electrons. The molecule has 1 aromatic heterocycles. The van der Waals surface area contributed by atoms with E-state index in [1.807, 2.05) is 0 Å². The topological polar surface area (TPSA) is 76.3 Å². The van der Waals surface area contributed by atoms with Gasteiger partial charge in [0.25, 0.3) is 0 Å². The Morgan fingerprint density at radius 2 is 2.00 bits per heavy atom. The van der Waals surface area contributed by atoms with Gasteiger partial charge in [0.1, 0.15) is 16.6 Å². The minimum atomic E-state index is 0.265. The second-order valence-electron chi connectivity index (χ2n) is 8.14. The van der Waals surface area contributed by atoms with E-state index in [2.05, 4.69) is 46.2 Å². The number of nitrogen functional groups attached to an aromatic ring is 1. The van der Waals surface area contributed by atoms with Gasteiger partial charge in [-0.05, 0) is 87.8 Å². The normalized spacial score (nSPS) is 18.4. The number of anilines is 3. The van der Waals surface area contributed by atoms with Crippen molar-refractivity contribution >= 4 is 29.1 Å². The number of piperidine rings is 1. The summed E-state index contributed by atoms with van der Waals surface area (Å²) in [6.07, 6.45) is 7.66. The quantitative estimate of drug-likeness (QED) is 0.699. The molecular weight excluding hydrogens is 386 g/mol. The van der Waals surface area contributed by atoms with E-state index in [0.717, 1.165) is 43.9 Å². The Hall–Kier alpha value is -2.05. The Balaban J connectivity index is 1.61. The van der Waals surface area contributed by atoms with Gasteiger partial charge in [-0.15, -0.1) is 0 Å². The van der Waals surface area contributed by atoms with Crippen molar-refractivity contribution < 1.29 is 4.74 Å². The summed E-state index contributed by atoms with van der Waals surface area (Å²) in [5.74, 6) is 2.15. The highest BCUT2D eigenvalue weighted by atomic mass is 35.5. The van der Waals surface area contributed by atoms with Crippen molar-refractivity contribution in [2.24, 2.45) is 0 Å².